The van der Waals surface area contributed by atoms with E-state index in [9.17, 15) is 0 Å². The Bertz CT molecular complexity index is 249. The molecule has 21 heavy (non-hydrogen) atoms. The molecule has 0 radical (unpaired) electrons. The van der Waals surface area contributed by atoms with Gasteiger partial charge in [0.05, 0.1) is 6.07 Å². The summed E-state index contributed by atoms with van der Waals surface area (Å²) in [5.41, 5.74) is 0. The van der Waals surface area contributed by atoms with Gasteiger partial charge in [-0.1, -0.05) is 89.7 Å². The molecule has 0 spiro atoms. The van der Waals surface area contributed by atoms with Gasteiger partial charge in [-0.15, -0.1) is 0 Å². The molecule has 0 aliphatic heterocycles. The van der Waals surface area contributed by atoms with Crippen molar-refractivity contribution in [2.75, 3.05) is 0 Å². The van der Waals surface area contributed by atoms with Gasteiger partial charge in [0.1, 0.15) is 0 Å². The van der Waals surface area contributed by atoms with Gasteiger partial charge in [-0.25, -0.2) is 0 Å². The van der Waals surface area contributed by atoms with Crippen molar-refractivity contribution in [2.24, 2.45) is 0 Å². The summed E-state index contributed by atoms with van der Waals surface area (Å²) in [6.07, 6.45) is 25.6. The predicted molar refractivity (Wildman–Crippen MR) is 94.3 cm³/mol. The van der Waals surface area contributed by atoms with E-state index in [1.54, 1.807) is 0 Å². The first-order valence-corrected chi connectivity index (χ1v) is 9.43. The van der Waals surface area contributed by atoms with Crippen LogP contribution < -0.4 is 0 Å². The molecule has 0 fully saturated rings. The third kappa shape index (κ3) is 19.2. The molecule has 0 aromatic heterocycles. The Morgan fingerprint density at radius 2 is 1.05 bits per heavy atom. The van der Waals surface area contributed by atoms with Gasteiger partial charge in [0, 0.05) is 6.42 Å². The van der Waals surface area contributed by atoms with Gasteiger partial charge >= 0.3 is 0 Å². The predicted octanol–water partition coefficient (Wildman–Crippen LogP) is 7.33. The fraction of sp³-hybridized carbons (Fsp3) is 0.850. The number of nitriles is 1. The minimum Gasteiger partial charge on any atom is -0.198 e. The number of nitrogens with zero attached hydrogens (tertiary/aromatic N) is 1. The molecule has 0 N–H and O–H groups in total. The Labute approximate surface area is 133 Å². The van der Waals surface area contributed by atoms with Crippen LogP contribution in [0, 0.1) is 11.3 Å². The van der Waals surface area contributed by atoms with Crippen LogP contribution in [-0.4, -0.2) is 0 Å². The van der Waals surface area contributed by atoms with E-state index in [0.29, 0.717) is 6.42 Å². The summed E-state index contributed by atoms with van der Waals surface area (Å²) in [5.74, 6) is 0. The first-order chi connectivity index (χ1) is 10.4. The van der Waals surface area contributed by atoms with Crippen molar-refractivity contribution in [1.29, 1.82) is 5.26 Å². The summed E-state index contributed by atoms with van der Waals surface area (Å²) in [6, 6.07) is 2.19. The fourth-order valence-electron chi connectivity index (χ4n) is 2.64. The van der Waals surface area contributed by atoms with E-state index < -0.39 is 0 Å². The first kappa shape index (κ1) is 20.2. The summed E-state index contributed by atoms with van der Waals surface area (Å²) in [5, 5.41) is 8.42. The standard InChI is InChI=1S/C20H37N/c1-2-3-4-5-6-7-8-9-10-11-12-13-14-15-16-17-18-19-20-21/h15-16H,2-14,17-19H2,1H3/b16-15-. The largest absolute Gasteiger partial charge is 0.198 e. The van der Waals surface area contributed by atoms with Gasteiger partial charge < -0.3 is 0 Å². The number of rotatable bonds is 16. The van der Waals surface area contributed by atoms with E-state index >= 15 is 0 Å². The second-order valence-corrected chi connectivity index (χ2v) is 6.20. The molecule has 0 bridgehead atoms. The molecule has 0 aliphatic rings. The van der Waals surface area contributed by atoms with Gasteiger partial charge in [-0.3, -0.25) is 0 Å². The topological polar surface area (TPSA) is 23.8 Å². The van der Waals surface area contributed by atoms with Crippen LogP contribution in [-0.2, 0) is 0 Å². The van der Waals surface area contributed by atoms with Crippen molar-refractivity contribution in [2.45, 2.75) is 110 Å². The Hall–Kier alpha value is -0.770. The van der Waals surface area contributed by atoms with Gasteiger partial charge in [0.2, 0.25) is 0 Å². The minimum atomic E-state index is 0.697. The van der Waals surface area contributed by atoms with Crippen molar-refractivity contribution in [3.63, 3.8) is 0 Å². The summed E-state index contributed by atoms with van der Waals surface area (Å²) >= 11 is 0. The maximum atomic E-state index is 8.42. The first-order valence-electron chi connectivity index (χ1n) is 9.43. The van der Waals surface area contributed by atoms with Crippen molar-refractivity contribution < 1.29 is 0 Å². The van der Waals surface area contributed by atoms with Crippen LogP contribution in [0.3, 0.4) is 0 Å². The zero-order valence-corrected chi connectivity index (χ0v) is 14.4. The van der Waals surface area contributed by atoms with E-state index in [4.69, 9.17) is 5.26 Å². The quantitative estimate of drug-likeness (QED) is 0.216. The molecule has 0 saturated heterocycles. The Balaban J connectivity index is 3.01. The molecule has 0 amide bonds. The van der Waals surface area contributed by atoms with E-state index in [1.165, 1.54) is 83.5 Å². The second kappa shape index (κ2) is 19.2. The lowest BCUT2D eigenvalue weighted by Crippen LogP contribution is -1.82. The van der Waals surface area contributed by atoms with Crippen LogP contribution in [0.5, 0.6) is 0 Å². The number of hydrogen-bond acceptors (Lipinski definition) is 1. The SMILES string of the molecule is CCCCCCCCCCCCCC/C=C\CCCC#N. The fourth-order valence-corrected chi connectivity index (χ4v) is 2.64. The smallest absolute Gasteiger partial charge is 0.0621 e. The monoisotopic (exact) mass is 291 g/mol. The summed E-state index contributed by atoms with van der Waals surface area (Å²) < 4.78 is 0. The molecule has 1 nitrogen and oxygen atoms in total. The summed E-state index contributed by atoms with van der Waals surface area (Å²) in [6.45, 7) is 2.28. The van der Waals surface area contributed by atoms with Crippen LogP contribution >= 0.6 is 0 Å². The molecule has 0 aromatic carbocycles. The Morgan fingerprint density at radius 1 is 0.619 bits per heavy atom. The average Bonchev–Trinajstić information content (AvgIpc) is 2.50. The zero-order valence-electron chi connectivity index (χ0n) is 14.4. The molecule has 0 saturated carbocycles. The maximum Gasteiger partial charge on any atom is 0.0621 e. The van der Waals surface area contributed by atoms with Crippen molar-refractivity contribution >= 4 is 0 Å². The highest BCUT2D eigenvalue weighted by Crippen LogP contribution is 2.12. The number of hydrogen-bond donors (Lipinski definition) is 0. The number of allylic oxidation sites excluding steroid dienone is 2. The lowest BCUT2D eigenvalue weighted by molar-refractivity contribution is 0.545. The van der Waals surface area contributed by atoms with Gasteiger partial charge in [0.25, 0.3) is 0 Å². The third-order valence-electron chi connectivity index (χ3n) is 4.05. The lowest BCUT2D eigenvalue weighted by Gasteiger charge is -2.02. The Kier molecular flexibility index (Phi) is 18.5. The van der Waals surface area contributed by atoms with Crippen LogP contribution in [0.15, 0.2) is 12.2 Å². The maximum absolute atomic E-state index is 8.42. The highest BCUT2D eigenvalue weighted by molar-refractivity contribution is 4.82. The van der Waals surface area contributed by atoms with Gasteiger partial charge in [-0.2, -0.15) is 5.26 Å². The van der Waals surface area contributed by atoms with E-state index in [2.05, 4.69) is 25.1 Å². The summed E-state index contributed by atoms with van der Waals surface area (Å²) in [4.78, 5) is 0. The van der Waals surface area contributed by atoms with E-state index in [1.807, 2.05) is 0 Å². The number of unbranched alkanes of at least 4 members (excludes halogenated alkanes) is 14. The molecule has 1 heteroatoms. The van der Waals surface area contributed by atoms with Crippen LogP contribution in [0.4, 0.5) is 0 Å². The molecule has 0 aromatic rings. The zero-order chi connectivity index (χ0) is 15.4. The molecule has 122 valence electrons. The van der Waals surface area contributed by atoms with Crippen LogP contribution in [0.1, 0.15) is 110 Å². The highest BCUT2D eigenvalue weighted by Gasteiger charge is 1.92. The van der Waals surface area contributed by atoms with Crippen LogP contribution in [0.25, 0.3) is 0 Å². The average molecular weight is 292 g/mol. The van der Waals surface area contributed by atoms with Crippen molar-refractivity contribution in [1.82, 2.24) is 0 Å². The van der Waals surface area contributed by atoms with Crippen molar-refractivity contribution in [3.05, 3.63) is 12.2 Å². The van der Waals surface area contributed by atoms with Crippen molar-refractivity contribution in [3.8, 4) is 6.07 Å². The normalized spacial score (nSPS) is 11.0. The third-order valence-corrected chi connectivity index (χ3v) is 4.05. The molecule has 0 rings (SSSR count). The molecule has 0 heterocycles. The molecular formula is C20H37N. The second-order valence-electron chi connectivity index (χ2n) is 6.20. The summed E-state index contributed by atoms with van der Waals surface area (Å²) in [7, 11) is 0. The molecular weight excluding hydrogens is 254 g/mol. The van der Waals surface area contributed by atoms with Gasteiger partial charge in [0.15, 0.2) is 0 Å². The minimum absolute atomic E-state index is 0.697. The molecule has 0 unspecified atom stereocenters. The molecule has 0 aliphatic carbocycles. The van der Waals surface area contributed by atoms with E-state index in [-0.39, 0.29) is 0 Å². The highest BCUT2D eigenvalue weighted by atomic mass is 14.2. The molecule has 0 atom stereocenters. The van der Waals surface area contributed by atoms with Crippen LogP contribution in [0.2, 0.25) is 0 Å². The van der Waals surface area contributed by atoms with Gasteiger partial charge in [-0.05, 0) is 25.7 Å². The van der Waals surface area contributed by atoms with E-state index in [0.717, 1.165) is 12.8 Å². The Morgan fingerprint density at radius 3 is 1.52 bits per heavy atom. The lowest BCUT2D eigenvalue weighted by atomic mass is 10.0.